The lowest BCUT2D eigenvalue weighted by Crippen LogP contribution is -2.47. The van der Waals surface area contributed by atoms with E-state index in [4.69, 9.17) is 14.2 Å². The molecule has 0 saturated heterocycles. The largest absolute Gasteiger partial charge is 0.466 e. The Morgan fingerprint density at radius 1 is 1.05 bits per heavy atom. The van der Waals surface area contributed by atoms with Gasteiger partial charge < -0.3 is 19.1 Å². The molecule has 0 saturated carbocycles. The van der Waals surface area contributed by atoms with Gasteiger partial charge in [0.15, 0.2) is 0 Å². The Morgan fingerprint density at radius 2 is 1.62 bits per heavy atom. The van der Waals surface area contributed by atoms with Gasteiger partial charge in [0.1, 0.15) is 5.92 Å². The molecule has 0 aromatic carbocycles. The highest BCUT2D eigenvalue weighted by Gasteiger charge is 2.34. The highest BCUT2D eigenvalue weighted by Crippen LogP contribution is 2.18. The van der Waals surface area contributed by atoms with E-state index in [1.807, 2.05) is 20.8 Å². The van der Waals surface area contributed by atoms with Crippen molar-refractivity contribution in [3.8, 4) is 0 Å². The van der Waals surface area contributed by atoms with Crippen molar-refractivity contribution in [1.82, 2.24) is 4.90 Å². The number of hydrogen-bond acceptors (Lipinski definition) is 5. The van der Waals surface area contributed by atoms with Crippen LogP contribution in [0.4, 0.5) is 4.79 Å². The third kappa shape index (κ3) is 6.80. The zero-order valence-corrected chi connectivity index (χ0v) is 14.0. The Kier molecular flexibility index (Phi) is 9.78. The molecule has 0 aliphatic rings. The fraction of sp³-hybridized carbons (Fsp3) is 0.867. The first-order valence-electron chi connectivity index (χ1n) is 7.56. The van der Waals surface area contributed by atoms with Crippen molar-refractivity contribution in [3.05, 3.63) is 0 Å². The number of amides is 1. The van der Waals surface area contributed by atoms with Crippen molar-refractivity contribution >= 4 is 12.1 Å². The van der Waals surface area contributed by atoms with Crippen molar-refractivity contribution in [3.63, 3.8) is 0 Å². The van der Waals surface area contributed by atoms with Gasteiger partial charge in [-0.1, -0.05) is 6.92 Å². The molecule has 1 amide bonds. The Balaban J connectivity index is 5.03. The smallest absolute Gasteiger partial charge is 0.409 e. The van der Waals surface area contributed by atoms with E-state index in [0.717, 1.165) is 0 Å². The Labute approximate surface area is 127 Å². The van der Waals surface area contributed by atoms with Gasteiger partial charge in [-0.25, -0.2) is 4.79 Å². The molecule has 0 bridgehead atoms. The van der Waals surface area contributed by atoms with Crippen LogP contribution in [-0.4, -0.2) is 56.0 Å². The Morgan fingerprint density at radius 3 is 2.05 bits per heavy atom. The van der Waals surface area contributed by atoms with E-state index < -0.39 is 12.0 Å². The second kappa shape index (κ2) is 10.4. The molecule has 0 fully saturated rings. The van der Waals surface area contributed by atoms with Crippen LogP contribution in [0.3, 0.4) is 0 Å². The van der Waals surface area contributed by atoms with E-state index in [0.29, 0.717) is 19.6 Å². The molecule has 2 unspecified atom stereocenters. The van der Waals surface area contributed by atoms with Gasteiger partial charge in [-0.15, -0.1) is 0 Å². The summed E-state index contributed by atoms with van der Waals surface area (Å²) in [6.45, 7) is 10.0. The van der Waals surface area contributed by atoms with Gasteiger partial charge in [-0.3, -0.25) is 4.79 Å². The molecule has 124 valence electrons. The first-order valence-corrected chi connectivity index (χ1v) is 7.56. The summed E-state index contributed by atoms with van der Waals surface area (Å²) in [5.41, 5.74) is 0. The first-order chi connectivity index (χ1) is 9.88. The van der Waals surface area contributed by atoms with Crippen LogP contribution in [0.25, 0.3) is 0 Å². The van der Waals surface area contributed by atoms with Crippen LogP contribution < -0.4 is 0 Å². The van der Waals surface area contributed by atoms with E-state index in [1.54, 1.807) is 20.9 Å². The molecule has 0 spiro atoms. The van der Waals surface area contributed by atoms with Crippen LogP contribution in [0.1, 0.15) is 41.0 Å². The quantitative estimate of drug-likeness (QED) is 0.612. The van der Waals surface area contributed by atoms with Crippen LogP contribution in [0.5, 0.6) is 0 Å². The minimum Gasteiger partial charge on any atom is -0.466 e. The fourth-order valence-electron chi connectivity index (χ4n) is 2.07. The third-order valence-corrected chi connectivity index (χ3v) is 3.13. The molecule has 21 heavy (non-hydrogen) atoms. The number of hydrogen-bond donors (Lipinski definition) is 0. The molecular weight excluding hydrogens is 274 g/mol. The number of carbonyl (C=O) groups is 2. The fourth-order valence-corrected chi connectivity index (χ4v) is 2.07. The number of nitrogens with zero attached hydrogens (tertiary/aromatic N) is 1. The SMILES string of the molecule is CCOC(=O)C(COC(C)C)C(CC)N(C)C(=O)OCC. The first kappa shape index (κ1) is 19.7. The van der Waals surface area contributed by atoms with Crippen molar-refractivity contribution in [2.45, 2.75) is 53.2 Å². The maximum Gasteiger partial charge on any atom is 0.409 e. The van der Waals surface area contributed by atoms with Crippen molar-refractivity contribution < 1.29 is 23.8 Å². The number of esters is 1. The van der Waals surface area contributed by atoms with Crippen LogP contribution >= 0.6 is 0 Å². The molecule has 0 N–H and O–H groups in total. The van der Waals surface area contributed by atoms with E-state index in [1.165, 1.54) is 4.90 Å². The average molecular weight is 303 g/mol. The summed E-state index contributed by atoms with van der Waals surface area (Å²) in [7, 11) is 1.63. The zero-order chi connectivity index (χ0) is 16.4. The van der Waals surface area contributed by atoms with Crippen LogP contribution in [-0.2, 0) is 19.0 Å². The minimum absolute atomic E-state index is 0.00679. The molecule has 6 nitrogen and oxygen atoms in total. The van der Waals surface area contributed by atoms with Gasteiger partial charge in [0.2, 0.25) is 0 Å². The van der Waals surface area contributed by atoms with Crippen LogP contribution in [0, 0.1) is 5.92 Å². The van der Waals surface area contributed by atoms with Crippen LogP contribution in [0.15, 0.2) is 0 Å². The van der Waals surface area contributed by atoms with E-state index in [-0.39, 0.29) is 24.7 Å². The van der Waals surface area contributed by atoms with Crippen molar-refractivity contribution in [2.24, 2.45) is 5.92 Å². The van der Waals surface area contributed by atoms with E-state index in [2.05, 4.69) is 0 Å². The molecule has 0 aliphatic carbocycles. The number of ether oxygens (including phenoxy) is 3. The lowest BCUT2D eigenvalue weighted by Gasteiger charge is -2.32. The van der Waals surface area contributed by atoms with Crippen molar-refractivity contribution in [2.75, 3.05) is 26.9 Å². The highest BCUT2D eigenvalue weighted by molar-refractivity contribution is 5.75. The molecule has 2 atom stereocenters. The summed E-state index contributed by atoms with van der Waals surface area (Å²) >= 11 is 0. The normalized spacial score (nSPS) is 13.7. The molecule has 0 aliphatic heterocycles. The van der Waals surface area contributed by atoms with E-state index in [9.17, 15) is 9.59 Å². The second-order valence-corrected chi connectivity index (χ2v) is 5.03. The van der Waals surface area contributed by atoms with Gasteiger partial charge in [0, 0.05) is 7.05 Å². The monoisotopic (exact) mass is 303 g/mol. The van der Waals surface area contributed by atoms with Gasteiger partial charge in [-0.05, 0) is 34.1 Å². The molecule has 6 heteroatoms. The standard InChI is InChI=1S/C15H29NO5/c1-7-13(16(6)15(18)20-9-3)12(10-21-11(4)5)14(17)19-8-2/h11-13H,7-10H2,1-6H3. The summed E-state index contributed by atoms with van der Waals surface area (Å²) in [5, 5.41) is 0. The third-order valence-electron chi connectivity index (χ3n) is 3.13. The van der Waals surface area contributed by atoms with E-state index >= 15 is 0 Å². The van der Waals surface area contributed by atoms with Gasteiger partial charge >= 0.3 is 12.1 Å². The van der Waals surface area contributed by atoms with Gasteiger partial charge in [0.25, 0.3) is 0 Å². The summed E-state index contributed by atoms with van der Waals surface area (Å²) < 4.78 is 15.7. The molecule has 0 aromatic heterocycles. The molecule has 0 radical (unpaired) electrons. The maximum absolute atomic E-state index is 12.2. The molecular formula is C15H29NO5. The average Bonchev–Trinajstić information content (AvgIpc) is 2.42. The molecule has 0 aromatic rings. The molecule has 0 heterocycles. The predicted molar refractivity (Wildman–Crippen MR) is 80.1 cm³/mol. The Bertz CT molecular complexity index is 319. The summed E-state index contributed by atoms with van der Waals surface area (Å²) in [6.07, 6.45) is 0.177. The highest BCUT2D eigenvalue weighted by atomic mass is 16.6. The molecule has 0 rings (SSSR count). The summed E-state index contributed by atoms with van der Waals surface area (Å²) in [4.78, 5) is 25.5. The van der Waals surface area contributed by atoms with Crippen molar-refractivity contribution in [1.29, 1.82) is 0 Å². The second-order valence-electron chi connectivity index (χ2n) is 5.03. The lowest BCUT2D eigenvalue weighted by molar-refractivity contribution is -0.153. The zero-order valence-electron chi connectivity index (χ0n) is 14.0. The van der Waals surface area contributed by atoms with Gasteiger partial charge in [-0.2, -0.15) is 0 Å². The van der Waals surface area contributed by atoms with Gasteiger partial charge in [0.05, 0.1) is 32.0 Å². The summed E-state index contributed by atoms with van der Waals surface area (Å²) in [5.74, 6) is -0.868. The maximum atomic E-state index is 12.2. The Hall–Kier alpha value is -1.30. The number of rotatable bonds is 9. The number of carbonyl (C=O) groups excluding carboxylic acids is 2. The lowest BCUT2D eigenvalue weighted by atomic mass is 9.97. The minimum atomic E-state index is -0.522. The predicted octanol–water partition coefficient (Wildman–Crippen LogP) is 2.46. The van der Waals surface area contributed by atoms with Crippen LogP contribution in [0.2, 0.25) is 0 Å². The summed E-state index contributed by atoms with van der Waals surface area (Å²) in [6, 6.07) is -0.318. The topological polar surface area (TPSA) is 65.1 Å².